The summed E-state index contributed by atoms with van der Waals surface area (Å²) in [7, 11) is 0. The average molecular weight is 305 g/mol. The Morgan fingerprint density at radius 3 is 2.62 bits per heavy atom. The van der Waals surface area contributed by atoms with Crippen molar-refractivity contribution in [1.29, 1.82) is 0 Å². The Kier molecular flexibility index (Phi) is 4.08. The number of thiophene rings is 1. The molecule has 0 aliphatic heterocycles. The predicted octanol–water partition coefficient (Wildman–Crippen LogP) is 4.02. The Labute approximate surface area is 132 Å². The van der Waals surface area contributed by atoms with Crippen LogP contribution in [-0.2, 0) is 6.54 Å². The van der Waals surface area contributed by atoms with E-state index >= 15 is 0 Å². The van der Waals surface area contributed by atoms with Crippen molar-refractivity contribution in [2.45, 2.75) is 70.0 Å². The normalized spacial score (nSPS) is 24.8. The molecular weight excluding hydrogens is 276 g/mol. The van der Waals surface area contributed by atoms with E-state index in [-0.39, 0.29) is 0 Å². The highest BCUT2D eigenvalue weighted by molar-refractivity contribution is 7.07. The van der Waals surface area contributed by atoms with Crippen LogP contribution in [0, 0.1) is 5.41 Å². The molecule has 1 heterocycles. The van der Waals surface area contributed by atoms with Crippen LogP contribution in [0.1, 0.15) is 56.9 Å². The molecule has 0 radical (unpaired) electrons. The average Bonchev–Trinajstić information content (AvgIpc) is 3.41. The third-order valence-corrected chi connectivity index (χ3v) is 6.31. The number of rotatable bonds is 8. The van der Waals surface area contributed by atoms with Crippen molar-refractivity contribution in [3.8, 4) is 0 Å². The van der Waals surface area contributed by atoms with Crippen LogP contribution in [0.15, 0.2) is 16.8 Å². The molecule has 116 valence electrons. The Hall–Kier alpha value is -0.380. The first kappa shape index (κ1) is 14.2. The molecule has 3 fully saturated rings. The first-order valence-corrected chi connectivity index (χ1v) is 9.76. The summed E-state index contributed by atoms with van der Waals surface area (Å²) >= 11 is 1.84. The third-order valence-electron chi connectivity index (χ3n) is 5.57. The van der Waals surface area contributed by atoms with Crippen LogP contribution in [0.5, 0.6) is 0 Å². The molecule has 0 atom stereocenters. The first-order valence-electron chi connectivity index (χ1n) is 8.82. The van der Waals surface area contributed by atoms with E-state index in [9.17, 15) is 0 Å². The van der Waals surface area contributed by atoms with Crippen LogP contribution in [0.25, 0.3) is 0 Å². The van der Waals surface area contributed by atoms with E-state index < -0.39 is 0 Å². The lowest BCUT2D eigenvalue weighted by molar-refractivity contribution is 0.135. The van der Waals surface area contributed by atoms with Crippen molar-refractivity contribution in [2.75, 3.05) is 13.1 Å². The molecule has 0 saturated heterocycles. The number of nitrogens with zero attached hydrogens (tertiary/aromatic N) is 1. The lowest BCUT2D eigenvalue weighted by atomic mass is 9.85. The molecule has 3 heteroatoms. The Bertz CT molecular complexity index is 442. The quantitative estimate of drug-likeness (QED) is 0.780. The molecule has 0 aromatic carbocycles. The van der Waals surface area contributed by atoms with E-state index in [1.807, 2.05) is 11.3 Å². The van der Waals surface area contributed by atoms with Gasteiger partial charge in [0.15, 0.2) is 0 Å². The highest BCUT2D eigenvalue weighted by Gasteiger charge is 2.40. The zero-order valence-electron chi connectivity index (χ0n) is 13.0. The Balaban J connectivity index is 1.41. The lowest BCUT2D eigenvalue weighted by Crippen LogP contribution is -2.43. The van der Waals surface area contributed by atoms with Gasteiger partial charge in [-0.25, -0.2) is 0 Å². The lowest BCUT2D eigenvalue weighted by Gasteiger charge is -2.36. The zero-order valence-corrected chi connectivity index (χ0v) is 13.8. The van der Waals surface area contributed by atoms with Crippen LogP contribution in [0.3, 0.4) is 0 Å². The largest absolute Gasteiger partial charge is 0.313 e. The van der Waals surface area contributed by atoms with Gasteiger partial charge in [-0.1, -0.05) is 12.8 Å². The minimum Gasteiger partial charge on any atom is -0.313 e. The Morgan fingerprint density at radius 2 is 2.00 bits per heavy atom. The smallest absolute Gasteiger partial charge is 0.0245 e. The second-order valence-corrected chi connectivity index (χ2v) is 8.41. The van der Waals surface area contributed by atoms with Crippen molar-refractivity contribution < 1.29 is 0 Å². The highest BCUT2D eigenvalue weighted by atomic mass is 32.1. The topological polar surface area (TPSA) is 15.3 Å². The van der Waals surface area contributed by atoms with E-state index in [0.717, 1.165) is 12.1 Å². The monoisotopic (exact) mass is 304 g/mol. The van der Waals surface area contributed by atoms with Gasteiger partial charge < -0.3 is 5.32 Å². The van der Waals surface area contributed by atoms with Crippen LogP contribution in [-0.4, -0.2) is 30.1 Å². The predicted molar refractivity (Wildman–Crippen MR) is 89.7 cm³/mol. The maximum absolute atomic E-state index is 3.84. The molecular formula is C18H28N2S. The van der Waals surface area contributed by atoms with Crippen molar-refractivity contribution in [1.82, 2.24) is 10.2 Å². The van der Waals surface area contributed by atoms with Gasteiger partial charge in [-0.2, -0.15) is 11.3 Å². The van der Waals surface area contributed by atoms with E-state index in [0.29, 0.717) is 5.41 Å². The summed E-state index contributed by atoms with van der Waals surface area (Å²) in [6, 6.07) is 4.04. The minimum atomic E-state index is 0.571. The van der Waals surface area contributed by atoms with Crippen molar-refractivity contribution in [3.05, 3.63) is 22.4 Å². The van der Waals surface area contributed by atoms with Crippen molar-refractivity contribution in [3.63, 3.8) is 0 Å². The zero-order chi connectivity index (χ0) is 14.1. The fourth-order valence-electron chi connectivity index (χ4n) is 3.97. The fraction of sp³-hybridized carbons (Fsp3) is 0.778. The molecule has 21 heavy (non-hydrogen) atoms. The molecule has 3 aliphatic rings. The van der Waals surface area contributed by atoms with E-state index in [4.69, 9.17) is 0 Å². The van der Waals surface area contributed by atoms with Crippen LogP contribution in [0.2, 0.25) is 0 Å². The summed E-state index contributed by atoms with van der Waals surface area (Å²) in [6.07, 6.45) is 11.5. The van der Waals surface area contributed by atoms with Crippen LogP contribution >= 0.6 is 11.3 Å². The molecule has 1 aromatic rings. The van der Waals surface area contributed by atoms with Crippen LogP contribution in [0.4, 0.5) is 0 Å². The van der Waals surface area contributed by atoms with E-state index in [1.165, 1.54) is 76.6 Å². The van der Waals surface area contributed by atoms with Gasteiger partial charge in [0.2, 0.25) is 0 Å². The SMILES string of the molecule is c1cc(CN(CC2(CNC3CC3)CCCC2)C2CC2)cs1. The molecule has 0 amide bonds. The Morgan fingerprint density at radius 1 is 1.19 bits per heavy atom. The summed E-state index contributed by atoms with van der Waals surface area (Å²) in [5.74, 6) is 0. The third kappa shape index (κ3) is 3.69. The van der Waals surface area contributed by atoms with Gasteiger partial charge in [-0.05, 0) is 66.3 Å². The minimum absolute atomic E-state index is 0.571. The van der Waals surface area contributed by atoms with E-state index in [2.05, 4.69) is 27.0 Å². The summed E-state index contributed by atoms with van der Waals surface area (Å²) in [4.78, 5) is 2.81. The molecule has 0 bridgehead atoms. The maximum Gasteiger partial charge on any atom is 0.0245 e. The molecule has 1 N–H and O–H groups in total. The molecule has 2 nitrogen and oxygen atoms in total. The van der Waals surface area contributed by atoms with Gasteiger partial charge in [0.25, 0.3) is 0 Å². The highest BCUT2D eigenvalue weighted by Crippen LogP contribution is 2.41. The van der Waals surface area contributed by atoms with Gasteiger partial charge in [0, 0.05) is 31.7 Å². The number of nitrogens with one attached hydrogen (secondary N) is 1. The first-order chi connectivity index (χ1) is 10.3. The number of hydrogen-bond donors (Lipinski definition) is 1. The molecule has 0 spiro atoms. The van der Waals surface area contributed by atoms with Crippen molar-refractivity contribution >= 4 is 11.3 Å². The summed E-state index contributed by atoms with van der Waals surface area (Å²) in [5.41, 5.74) is 2.09. The van der Waals surface area contributed by atoms with Gasteiger partial charge in [-0.3, -0.25) is 4.90 Å². The summed E-state index contributed by atoms with van der Waals surface area (Å²) in [6.45, 7) is 3.77. The van der Waals surface area contributed by atoms with Crippen molar-refractivity contribution in [2.24, 2.45) is 5.41 Å². The molecule has 0 unspecified atom stereocenters. The van der Waals surface area contributed by atoms with Gasteiger partial charge >= 0.3 is 0 Å². The van der Waals surface area contributed by atoms with Gasteiger partial charge in [0.1, 0.15) is 0 Å². The standard InChI is InChI=1S/C18H28N2S/c1-2-9-18(8-1,13-19-16-3-4-16)14-20(17-5-6-17)11-15-7-10-21-12-15/h7,10,12,16-17,19H,1-6,8-9,11,13-14H2. The summed E-state index contributed by atoms with van der Waals surface area (Å²) < 4.78 is 0. The fourth-order valence-corrected chi connectivity index (χ4v) is 4.63. The maximum atomic E-state index is 3.84. The number of hydrogen-bond acceptors (Lipinski definition) is 3. The van der Waals surface area contributed by atoms with E-state index in [1.54, 1.807) is 0 Å². The van der Waals surface area contributed by atoms with Crippen LogP contribution < -0.4 is 5.32 Å². The molecule has 3 aliphatic carbocycles. The second-order valence-electron chi connectivity index (χ2n) is 7.63. The molecule has 3 saturated carbocycles. The molecule has 1 aromatic heterocycles. The van der Waals surface area contributed by atoms with Gasteiger partial charge in [0.05, 0.1) is 0 Å². The molecule has 4 rings (SSSR count). The second kappa shape index (κ2) is 6.02. The van der Waals surface area contributed by atoms with Gasteiger partial charge in [-0.15, -0.1) is 0 Å². The summed E-state index contributed by atoms with van der Waals surface area (Å²) in [5, 5.41) is 8.39.